The number of carbonyl (C=O) groups excluding carboxylic acids is 2. The van der Waals surface area contributed by atoms with Crippen LogP contribution in [0, 0.1) is 10.1 Å². The number of fused-ring (bicyclic) bond motifs is 1. The van der Waals surface area contributed by atoms with Gasteiger partial charge in [-0.3, -0.25) is 19.7 Å². The Kier molecular flexibility index (Phi) is 6.00. The average molecular weight is 464 g/mol. The zero-order valence-corrected chi connectivity index (χ0v) is 17.0. The molecule has 1 amide bonds. The topological polar surface area (TPSA) is 104 Å². The van der Waals surface area contributed by atoms with Gasteiger partial charge in [0.25, 0.3) is 11.6 Å². The van der Waals surface area contributed by atoms with Gasteiger partial charge in [0.1, 0.15) is 6.54 Å². The summed E-state index contributed by atoms with van der Waals surface area (Å²) in [6.07, 6.45) is -0.00580. The van der Waals surface area contributed by atoms with Gasteiger partial charge in [0.2, 0.25) is 0 Å². The third-order valence-corrected chi connectivity index (χ3v) is 5.42. The maximum Gasteiger partial charge on any atom is 0.325 e. The zero-order valence-electron chi connectivity index (χ0n) is 14.6. The Morgan fingerprint density at radius 1 is 1.25 bits per heavy atom. The minimum absolute atomic E-state index is 0.00580. The molecule has 1 aromatic heterocycles. The molecule has 1 heterocycles. The fourth-order valence-corrected chi connectivity index (χ4v) is 4.13. The summed E-state index contributed by atoms with van der Waals surface area (Å²) in [4.78, 5) is 38.9. The molecule has 0 spiro atoms. The molecular weight excluding hydrogens is 450 g/mol. The van der Waals surface area contributed by atoms with Crippen molar-refractivity contribution in [2.45, 2.75) is 13.0 Å². The molecule has 0 radical (unpaired) electrons. The van der Waals surface area contributed by atoms with Gasteiger partial charge in [-0.1, -0.05) is 39.4 Å². The molecule has 0 N–H and O–H groups in total. The van der Waals surface area contributed by atoms with Gasteiger partial charge in [0.15, 0.2) is 4.80 Å². The lowest BCUT2D eigenvalue weighted by Gasteiger charge is -2.03. The SMILES string of the molecule is COC(=O)Cn1c(=NC(=O)Cc2ccc([N+](=O)[O-])cc2)sc2cc(Br)ccc21. The van der Waals surface area contributed by atoms with Gasteiger partial charge >= 0.3 is 5.97 Å². The molecule has 0 saturated heterocycles. The Labute approximate surface area is 171 Å². The van der Waals surface area contributed by atoms with Gasteiger partial charge in [-0.2, -0.15) is 4.99 Å². The van der Waals surface area contributed by atoms with E-state index in [0.29, 0.717) is 10.4 Å². The van der Waals surface area contributed by atoms with Crippen molar-refractivity contribution in [1.82, 2.24) is 4.57 Å². The number of esters is 1. The third kappa shape index (κ3) is 4.52. The number of non-ortho nitro benzene ring substituents is 1. The Morgan fingerprint density at radius 3 is 2.61 bits per heavy atom. The van der Waals surface area contributed by atoms with E-state index in [9.17, 15) is 19.7 Å². The molecule has 3 aromatic rings. The van der Waals surface area contributed by atoms with Crippen molar-refractivity contribution in [2.75, 3.05) is 7.11 Å². The molecule has 0 aliphatic heterocycles. The van der Waals surface area contributed by atoms with Crippen molar-refractivity contribution >= 4 is 55.0 Å². The minimum Gasteiger partial charge on any atom is -0.468 e. The van der Waals surface area contributed by atoms with Crippen LogP contribution in [0.4, 0.5) is 5.69 Å². The first-order chi connectivity index (χ1) is 13.4. The van der Waals surface area contributed by atoms with E-state index in [2.05, 4.69) is 20.9 Å². The predicted molar refractivity (Wildman–Crippen MR) is 107 cm³/mol. The van der Waals surface area contributed by atoms with Crippen LogP contribution in [0.2, 0.25) is 0 Å². The molecule has 0 aliphatic rings. The standard InChI is InChI=1S/C18H14BrN3O5S/c1-27-17(24)10-21-14-7-4-12(19)9-15(14)28-18(21)20-16(23)8-11-2-5-13(6-3-11)22(25)26/h2-7,9H,8,10H2,1H3. The summed E-state index contributed by atoms with van der Waals surface area (Å²) < 4.78 is 8.10. The fourth-order valence-electron chi connectivity index (χ4n) is 2.54. The van der Waals surface area contributed by atoms with Crippen LogP contribution in [0.5, 0.6) is 0 Å². The highest BCUT2D eigenvalue weighted by Gasteiger charge is 2.13. The first kappa shape index (κ1) is 19.9. The molecular formula is C18H14BrN3O5S. The van der Waals surface area contributed by atoms with Crippen LogP contribution in [0.15, 0.2) is 51.9 Å². The summed E-state index contributed by atoms with van der Waals surface area (Å²) in [5.41, 5.74) is 1.34. The van der Waals surface area contributed by atoms with Crippen LogP contribution in [0.25, 0.3) is 10.2 Å². The highest BCUT2D eigenvalue weighted by molar-refractivity contribution is 9.10. The Balaban J connectivity index is 1.95. The quantitative estimate of drug-likeness (QED) is 0.328. The number of hydrogen-bond donors (Lipinski definition) is 0. The number of nitro groups is 1. The number of halogens is 1. The molecule has 10 heteroatoms. The smallest absolute Gasteiger partial charge is 0.325 e. The van der Waals surface area contributed by atoms with Gasteiger partial charge in [-0.05, 0) is 23.8 Å². The number of aromatic nitrogens is 1. The van der Waals surface area contributed by atoms with E-state index in [-0.39, 0.29) is 18.7 Å². The molecule has 0 saturated carbocycles. The number of amides is 1. The molecule has 28 heavy (non-hydrogen) atoms. The molecule has 0 atom stereocenters. The molecule has 8 nitrogen and oxygen atoms in total. The molecule has 3 rings (SSSR count). The number of carbonyl (C=O) groups is 2. The van der Waals surface area contributed by atoms with E-state index in [4.69, 9.17) is 4.74 Å². The molecule has 0 aliphatic carbocycles. The normalized spacial score (nSPS) is 11.6. The second kappa shape index (κ2) is 8.44. The number of benzene rings is 2. The van der Waals surface area contributed by atoms with Gasteiger partial charge in [-0.25, -0.2) is 0 Å². The van der Waals surface area contributed by atoms with Gasteiger partial charge in [0.05, 0.1) is 28.7 Å². The Morgan fingerprint density at radius 2 is 1.96 bits per heavy atom. The third-order valence-electron chi connectivity index (χ3n) is 3.88. The number of thiazole rings is 1. The Bertz CT molecular complexity index is 1130. The van der Waals surface area contributed by atoms with Crippen LogP contribution in [0.3, 0.4) is 0 Å². The van der Waals surface area contributed by atoms with Gasteiger partial charge < -0.3 is 9.30 Å². The van der Waals surface area contributed by atoms with Crippen molar-refractivity contribution in [3.63, 3.8) is 0 Å². The lowest BCUT2D eigenvalue weighted by atomic mass is 10.1. The maximum atomic E-state index is 12.4. The highest BCUT2D eigenvalue weighted by Crippen LogP contribution is 2.22. The van der Waals surface area contributed by atoms with Gasteiger partial charge in [-0.15, -0.1) is 0 Å². The highest BCUT2D eigenvalue weighted by atomic mass is 79.9. The van der Waals surface area contributed by atoms with E-state index in [1.807, 2.05) is 18.2 Å². The number of rotatable bonds is 5. The molecule has 2 aromatic carbocycles. The number of nitrogens with zero attached hydrogens (tertiary/aromatic N) is 3. The van der Waals surface area contributed by atoms with Crippen molar-refractivity contribution < 1.29 is 19.2 Å². The lowest BCUT2D eigenvalue weighted by Crippen LogP contribution is -2.22. The van der Waals surface area contributed by atoms with E-state index in [0.717, 1.165) is 14.7 Å². The number of ether oxygens (including phenoxy) is 1. The maximum absolute atomic E-state index is 12.4. The molecule has 0 bridgehead atoms. The average Bonchev–Trinajstić information content (AvgIpc) is 2.97. The van der Waals surface area contributed by atoms with Crippen LogP contribution >= 0.6 is 27.3 Å². The number of methoxy groups -OCH3 is 1. The number of nitro benzene ring substituents is 1. The first-order valence-electron chi connectivity index (χ1n) is 8.04. The number of hydrogen-bond acceptors (Lipinski definition) is 6. The summed E-state index contributed by atoms with van der Waals surface area (Å²) in [5, 5.41) is 10.7. The second-order valence-electron chi connectivity index (χ2n) is 5.76. The van der Waals surface area contributed by atoms with Crippen molar-refractivity contribution in [1.29, 1.82) is 0 Å². The van der Waals surface area contributed by atoms with E-state index < -0.39 is 16.8 Å². The summed E-state index contributed by atoms with van der Waals surface area (Å²) in [5.74, 6) is -0.870. The van der Waals surface area contributed by atoms with E-state index in [1.54, 1.807) is 4.57 Å². The molecule has 0 fully saturated rings. The monoisotopic (exact) mass is 463 g/mol. The summed E-state index contributed by atoms with van der Waals surface area (Å²) in [7, 11) is 1.30. The van der Waals surface area contributed by atoms with Crippen molar-refractivity contribution in [3.05, 3.63) is 67.4 Å². The lowest BCUT2D eigenvalue weighted by molar-refractivity contribution is -0.384. The van der Waals surface area contributed by atoms with Crippen molar-refractivity contribution in [3.8, 4) is 0 Å². The first-order valence-corrected chi connectivity index (χ1v) is 9.65. The van der Waals surface area contributed by atoms with Crippen LogP contribution < -0.4 is 4.80 Å². The van der Waals surface area contributed by atoms with E-state index in [1.165, 1.54) is 42.7 Å². The summed E-state index contributed by atoms with van der Waals surface area (Å²) >= 11 is 4.69. The second-order valence-corrected chi connectivity index (χ2v) is 7.69. The summed E-state index contributed by atoms with van der Waals surface area (Å²) in [6.45, 7) is -0.0677. The fraction of sp³-hybridized carbons (Fsp3) is 0.167. The minimum atomic E-state index is -0.499. The molecule has 0 unspecified atom stereocenters. The molecule has 144 valence electrons. The Hall–Kier alpha value is -2.85. The van der Waals surface area contributed by atoms with Crippen LogP contribution in [-0.4, -0.2) is 28.5 Å². The largest absolute Gasteiger partial charge is 0.468 e. The van der Waals surface area contributed by atoms with Crippen LogP contribution in [-0.2, 0) is 27.3 Å². The van der Waals surface area contributed by atoms with Crippen molar-refractivity contribution in [2.24, 2.45) is 4.99 Å². The summed E-state index contributed by atoms with van der Waals surface area (Å²) in [6, 6.07) is 11.3. The van der Waals surface area contributed by atoms with E-state index >= 15 is 0 Å². The van der Waals surface area contributed by atoms with Crippen LogP contribution in [0.1, 0.15) is 5.56 Å². The zero-order chi connectivity index (χ0) is 20.3. The van der Waals surface area contributed by atoms with Gasteiger partial charge in [0, 0.05) is 16.6 Å². The predicted octanol–water partition coefficient (Wildman–Crippen LogP) is 3.22.